The summed E-state index contributed by atoms with van der Waals surface area (Å²) in [6, 6.07) is 3.41. The van der Waals surface area contributed by atoms with Crippen LogP contribution >= 0.6 is 0 Å². The summed E-state index contributed by atoms with van der Waals surface area (Å²) in [4.78, 5) is -0.155. The molecule has 0 aromatic heterocycles. The van der Waals surface area contributed by atoms with Crippen LogP contribution in [0.5, 0.6) is 0 Å². The van der Waals surface area contributed by atoms with E-state index in [4.69, 9.17) is 0 Å². The maximum absolute atomic E-state index is 12.8. The Morgan fingerprint density at radius 2 is 1.71 bits per heavy atom. The second kappa shape index (κ2) is 5.92. The van der Waals surface area contributed by atoms with E-state index in [1.54, 1.807) is 0 Å². The van der Waals surface area contributed by atoms with Crippen molar-refractivity contribution in [3.63, 3.8) is 0 Å². The molecule has 118 valence electrons. The third-order valence-corrected chi connectivity index (χ3v) is 5.12. The minimum atomic E-state index is -4.31. The van der Waals surface area contributed by atoms with Crippen LogP contribution in [0.25, 0.3) is 0 Å². The Labute approximate surface area is 120 Å². The second-order valence-electron chi connectivity index (χ2n) is 5.18. The fourth-order valence-electron chi connectivity index (χ4n) is 2.50. The molecule has 1 aliphatic carbocycles. The first-order valence-electron chi connectivity index (χ1n) is 6.53. The molecule has 1 aromatic carbocycles. The van der Waals surface area contributed by atoms with E-state index in [0.717, 1.165) is 24.3 Å². The zero-order valence-corrected chi connectivity index (χ0v) is 11.8. The predicted octanol–water partition coefficient (Wildman–Crippen LogP) is 3.23. The van der Waals surface area contributed by atoms with Crippen molar-refractivity contribution in [1.82, 2.24) is 4.72 Å². The van der Waals surface area contributed by atoms with Crippen LogP contribution in [-0.2, 0) is 10.0 Å². The van der Waals surface area contributed by atoms with Gasteiger partial charge in [0, 0.05) is 6.04 Å². The van der Waals surface area contributed by atoms with Gasteiger partial charge in [0.05, 0.1) is 10.8 Å². The van der Waals surface area contributed by atoms with E-state index in [2.05, 4.69) is 4.72 Å². The molecular formula is C13H15F4NO2S. The number of alkyl halides is 3. The molecule has 3 nitrogen and oxygen atoms in total. The molecule has 2 unspecified atom stereocenters. The maximum Gasteiger partial charge on any atom is 0.391 e. The van der Waals surface area contributed by atoms with Crippen molar-refractivity contribution in [1.29, 1.82) is 0 Å². The second-order valence-corrected chi connectivity index (χ2v) is 6.89. The van der Waals surface area contributed by atoms with Gasteiger partial charge in [-0.15, -0.1) is 0 Å². The summed E-state index contributed by atoms with van der Waals surface area (Å²) in [5.41, 5.74) is 0. The first-order chi connectivity index (χ1) is 9.68. The van der Waals surface area contributed by atoms with Gasteiger partial charge in [-0.05, 0) is 43.5 Å². The highest BCUT2D eigenvalue weighted by molar-refractivity contribution is 7.89. The highest BCUT2D eigenvalue weighted by Gasteiger charge is 2.42. The number of benzene rings is 1. The molecule has 2 atom stereocenters. The first-order valence-corrected chi connectivity index (χ1v) is 8.01. The van der Waals surface area contributed by atoms with Gasteiger partial charge in [0.1, 0.15) is 5.82 Å². The lowest BCUT2D eigenvalue weighted by atomic mass is 9.86. The fraction of sp³-hybridized carbons (Fsp3) is 0.538. The van der Waals surface area contributed by atoms with Crippen molar-refractivity contribution < 1.29 is 26.0 Å². The molecule has 0 amide bonds. The molecule has 0 saturated heterocycles. The van der Waals surface area contributed by atoms with Crippen molar-refractivity contribution >= 4 is 10.0 Å². The number of hydrogen-bond acceptors (Lipinski definition) is 2. The van der Waals surface area contributed by atoms with Crippen LogP contribution in [0, 0.1) is 11.7 Å². The molecule has 1 N–H and O–H groups in total. The number of hydrogen-bond donors (Lipinski definition) is 1. The average Bonchev–Trinajstić information content (AvgIpc) is 2.38. The molecule has 21 heavy (non-hydrogen) atoms. The lowest BCUT2D eigenvalue weighted by molar-refractivity contribution is -0.183. The Bertz CT molecular complexity index is 583. The van der Waals surface area contributed by atoms with Gasteiger partial charge in [-0.2, -0.15) is 13.2 Å². The lowest BCUT2D eigenvalue weighted by Gasteiger charge is -2.30. The van der Waals surface area contributed by atoms with Crippen LogP contribution in [-0.4, -0.2) is 20.6 Å². The Balaban J connectivity index is 2.08. The zero-order chi connectivity index (χ0) is 15.7. The summed E-state index contributed by atoms with van der Waals surface area (Å²) in [5, 5.41) is 0. The standard InChI is InChI=1S/C13H15F4NO2S/c14-10-4-6-12(7-5-10)21(19,20)18-11-3-1-2-9(8-11)13(15,16)17/h4-7,9,11,18H,1-3,8H2. The maximum atomic E-state index is 12.8. The van der Waals surface area contributed by atoms with Crippen molar-refractivity contribution in [3.05, 3.63) is 30.1 Å². The Kier molecular flexibility index (Phi) is 4.57. The van der Waals surface area contributed by atoms with Gasteiger partial charge in [0.25, 0.3) is 0 Å². The quantitative estimate of drug-likeness (QED) is 0.867. The van der Waals surface area contributed by atoms with Crippen molar-refractivity contribution in [2.45, 2.75) is 42.8 Å². The largest absolute Gasteiger partial charge is 0.391 e. The van der Waals surface area contributed by atoms with E-state index >= 15 is 0 Å². The smallest absolute Gasteiger partial charge is 0.208 e. The van der Waals surface area contributed by atoms with Gasteiger partial charge in [-0.3, -0.25) is 0 Å². The predicted molar refractivity (Wildman–Crippen MR) is 68.5 cm³/mol. The molecule has 0 aliphatic heterocycles. The topological polar surface area (TPSA) is 46.2 Å². The van der Waals surface area contributed by atoms with Crippen LogP contribution in [0.1, 0.15) is 25.7 Å². The minimum Gasteiger partial charge on any atom is -0.208 e. The molecular weight excluding hydrogens is 310 g/mol. The Morgan fingerprint density at radius 1 is 1.10 bits per heavy atom. The summed E-state index contributed by atoms with van der Waals surface area (Å²) in [7, 11) is -3.93. The summed E-state index contributed by atoms with van der Waals surface area (Å²) >= 11 is 0. The number of sulfonamides is 1. The minimum absolute atomic E-state index is 0.0261. The van der Waals surface area contributed by atoms with Crippen LogP contribution in [0.3, 0.4) is 0 Å². The van der Waals surface area contributed by atoms with E-state index in [-0.39, 0.29) is 17.7 Å². The molecule has 2 rings (SSSR count). The highest BCUT2D eigenvalue weighted by Crippen LogP contribution is 2.37. The van der Waals surface area contributed by atoms with Gasteiger partial charge < -0.3 is 0 Å². The van der Waals surface area contributed by atoms with Crippen molar-refractivity contribution in [2.24, 2.45) is 5.92 Å². The van der Waals surface area contributed by atoms with E-state index in [9.17, 15) is 26.0 Å². The lowest BCUT2D eigenvalue weighted by Crippen LogP contribution is -2.41. The van der Waals surface area contributed by atoms with E-state index in [1.807, 2.05) is 0 Å². The van der Waals surface area contributed by atoms with Crippen molar-refractivity contribution in [2.75, 3.05) is 0 Å². The molecule has 0 bridgehead atoms. The Hall–Kier alpha value is -1.15. The molecule has 1 saturated carbocycles. The molecule has 1 aliphatic rings. The fourth-order valence-corrected chi connectivity index (χ4v) is 3.78. The van der Waals surface area contributed by atoms with Gasteiger partial charge in [0.2, 0.25) is 10.0 Å². The monoisotopic (exact) mass is 325 g/mol. The molecule has 1 fully saturated rings. The van der Waals surface area contributed by atoms with Gasteiger partial charge in [-0.1, -0.05) is 6.42 Å². The van der Waals surface area contributed by atoms with Gasteiger partial charge in [-0.25, -0.2) is 17.5 Å². The Morgan fingerprint density at radius 3 is 2.29 bits per heavy atom. The SMILES string of the molecule is O=S(=O)(NC1CCCC(C(F)(F)F)C1)c1ccc(F)cc1. The van der Waals surface area contributed by atoms with Crippen LogP contribution in [0.2, 0.25) is 0 Å². The van der Waals surface area contributed by atoms with Gasteiger partial charge >= 0.3 is 6.18 Å². The van der Waals surface area contributed by atoms with Crippen molar-refractivity contribution in [3.8, 4) is 0 Å². The normalized spacial score (nSPS) is 24.0. The number of halogens is 4. The first kappa shape index (κ1) is 16.2. The molecule has 0 heterocycles. The third-order valence-electron chi connectivity index (χ3n) is 3.58. The number of nitrogens with one attached hydrogen (secondary N) is 1. The molecule has 0 radical (unpaired) electrons. The van der Waals surface area contributed by atoms with E-state index in [0.29, 0.717) is 12.8 Å². The molecule has 0 spiro atoms. The summed E-state index contributed by atoms with van der Waals surface area (Å²) in [5.74, 6) is -2.06. The number of rotatable bonds is 3. The summed E-state index contributed by atoms with van der Waals surface area (Å²) < 4.78 is 77.3. The van der Waals surface area contributed by atoms with Gasteiger partial charge in [0.15, 0.2) is 0 Å². The zero-order valence-electron chi connectivity index (χ0n) is 11.0. The average molecular weight is 325 g/mol. The highest BCUT2D eigenvalue weighted by atomic mass is 32.2. The summed E-state index contributed by atoms with van der Waals surface area (Å²) in [6.45, 7) is 0. The van der Waals surface area contributed by atoms with Crippen LogP contribution in [0.4, 0.5) is 17.6 Å². The third kappa shape index (κ3) is 4.16. The van der Waals surface area contributed by atoms with Crippen LogP contribution in [0.15, 0.2) is 29.2 Å². The van der Waals surface area contributed by atoms with E-state index in [1.165, 1.54) is 0 Å². The summed E-state index contributed by atoms with van der Waals surface area (Å²) in [6.07, 6.45) is -3.85. The molecule has 1 aromatic rings. The van der Waals surface area contributed by atoms with Crippen LogP contribution < -0.4 is 4.72 Å². The van der Waals surface area contributed by atoms with E-state index < -0.39 is 34.0 Å². The molecule has 8 heteroatoms.